The Morgan fingerprint density at radius 1 is 1.22 bits per heavy atom. The maximum absolute atomic E-state index is 13.5. The average molecular weight is 625 g/mol. The normalized spacial score (nSPS) is 18.9. The molecule has 9 heteroatoms. The lowest BCUT2D eigenvalue weighted by atomic mass is 9.72. The van der Waals surface area contributed by atoms with Crippen molar-refractivity contribution in [1.82, 2.24) is 9.88 Å². The summed E-state index contributed by atoms with van der Waals surface area (Å²) in [6, 6.07) is 9.65. The molecule has 0 bridgehead atoms. The minimum absolute atomic E-state index is 0.0831. The molecule has 1 aliphatic heterocycles. The van der Waals surface area contributed by atoms with E-state index >= 15 is 0 Å². The van der Waals surface area contributed by atoms with Crippen molar-refractivity contribution in [2.24, 2.45) is 5.92 Å². The lowest BCUT2D eigenvalue weighted by Gasteiger charge is -2.35. The van der Waals surface area contributed by atoms with Crippen LogP contribution in [0.15, 0.2) is 57.5 Å². The van der Waals surface area contributed by atoms with Crippen molar-refractivity contribution in [1.29, 1.82) is 5.26 Å². The van der Waals surface area contributed by atoms with Gasteiger partial charge in [0.1, 0.15) is 12.2 Å². The van der Waals surface area contributed by atoms with Crippen LogP contribution in [0.3, 0.4) is 0 Å². The largest absolute Gasteiger partial charge is 0.490 e. The summed E-state index contributed by atoms with van der Waals surface area (Å²) in [5.41, 5.74) is 3.62. The first-order valence-electron chi connectivity index (χ1n) is 14.1. The van der Waals surface area contributed by atoms with Gasteiger partial charge in [-0.25, -0.2) is 4.79 Å². The summed E-state index contributed by atoms with van der Waals surface area (Å²) in [6.45, 7) is 11.8. The first-order valence-corrected chi connectivity index (χ1v) is 14.9. The number of nitriles is 1. The number of rotatable bonds is 8. The second-order valence-corrected chi connectivity index (χ2v) is 12.3. The van der Waals surface area contributed by atoms with Gasteiger partial charge in [0.2, 0.25) is 0 Å². The van der Waals surface area contributed by atoms with Gasteiger partial charge in [-0.2, -0.15) is 5.26 Å². The molecule has 2 heterocycles. The molecule has 4 rings (SSSR count). The van der Waals surface area contributed by atoms with Crippen LogP contribution >= 0.6 is 15.9 Å². The molecule has 1 aromatic heterocycles. The van der Waals surface area contributed by atoms with E-state index < -0.39 is 17.6 Å². The molecule has 1 aliphatic carbocycles. The maximum Gasteiger partial charge on any atom is 0.418 e. The Bertz CT molecular complexity index is 1440. The third-order valence-corrected chi connectivity index (χ3v) is 7.77. The van der Waals surface area contributed by atoms with E-state index in [9.17, 15) is 14.9 Å². The lowest BCUT2D eigenvalue weighted by molar-refractivity contribution is -0.117. The number of hydrogen-bond donors (Lipinski definition) is 1. The van der Waals surface area contributed by atoms with E-state index in [0.717, 1.165) is 36.2 Å². The third-order valence-electron chi connectivity index (χ3n) is 7.18. The van der Waals surface area contributed by atoms with Crippen molar-refractivity contribution in [3.63, 3.8) is 0 Å². The molecule has 0 saturated heterocycles. The lowest BCUT2D eigenvalue weighted by Crippen LogP contribution is -2.34. The highest BCUT2D eigenvalue weighted by molar-refractivity contribution is 9.10. The van der Waals surface area contributed by atoms with Crippen molar-refractivity contribution in [2.45, 2.75) is 85.4 Å². The van der Waals surface area contributed by atoms with Crippen LogP contribution in [-0.4, -0.2) is 28.7 Å². The number of benzene rings is 1. The molecule has 8 nitrogen and oxygen atoms in total. The molecule has 2 aromatic rings. The zero-order chi connectivity index (χ0) is 29.9. The number of aromatic nitrogens is 1. The van der Waals surface area contributed by atoms with Gasteiger partial charge in [0, 0.05) is 29.6 Å². The molecule has 2 atom stereocenters. The van der Waals surface area contributed by atoms with E-state index in [4.69, 9.17) is 14.2 Å². The molecule has 2 aliphatic rings. The van der Waals surface area contributed by atoms with Crippen molar-refractivity contribution < 1.29 is 23.8 Å². The number of ketones is 1. The molecule has 0 saturated carbocycles. The molecule has 41 heavy (non-hydrogen) atoms. The van der Waals surface area contributed by atoms with Crippen LogP contribution < -0.4 is 14.8 Å². The Kier molecular flexibility index (Phi) is 9.33. The monoisotopic (exact) mass is 623 g/mol. The van der Waals surface area contributed by atoms with Crippen molar-refractivity contribution in [3.8, 4) is 17.6 Å². The zero-order valence-corrected chi connectivity index (χ0v) is 26.2. The van der Waals surface area contributed by atoms with Crippen LogP contribution in [-0.2, 0) is 16.1 Å². The van der Waals surface area contributed by atoms with Gasteiger partial charge in [0.15, 0.2) is 17.3 Å². The van der Waals surface area contributed by atoms with Crippen LogP contribution in [0.2, 0.25) is 0 Å². The Morgan fingerprint density at radius 3 is 2.63 bits per heavy atom. The first kappa shape index (κ1) is 30.4. The molecule has 1 aromatic carbocycles. The van der Waals surface area contributed by atoms with Crippen molar-refractivity contribution >= 4 is 27.8 Å². The van der Waals surface area contributed by atoms with Gasteiger partial charge in [-0.15, -0.1) is 0 Å². The topological polar surface area (TPSA) is 103 Å². The highest BCUT2D eigenvalue weighted by Gasteiger charge is 2.39. The summed E-state index contributed by atoms with van der Waals surface area (Å²) in [4.78, 5) is 26.2. The summed E-state index contributed by atoms with van der Waals surface area (Å²) < 4.78 is 19.8. The van der Waals surface area contributed by atoms with Gasteiger partial charge in [0.05, 0.1) is 34.3 Å². The molecule has 0 fully saturated rings. The van der Waals surface area contributed by atoms with Gasteiger partial charge < -0.3 is 19.5 Å². The molecular formula is C32H38BrN3O5. The van der Waals surface area contributed by atoms with Crippen LogP contribution in [0.25, 0.3) is 0 Å². The number of nitrogens with zero attached hydrogens (tertiary/aromatic N) is 2. The second-order valence-electron chi connectivity index (χ2n) is 11.5. The Labute approximate surface area is 250 Å². The molecule has 2 unspecified atom stereocenters. The molecule has 0 radical (unpaired) electrons. The number of halogens is 1. The molecular weight excluding hydrogens is 586 g/mol. The van der Waals surface area contributed by atoms with Crippen molar-refractivity contribution in [3.05, 3.63) is 68.7 Å². The minimum Gasteiger partial charge on any atom is -0.490 e. The van der Waals surface area contributed by atoms with Crippen LogP contribution in [0.5, 0.6) is 11.5 Å². The molecule has 1 N–H and O–H groups in total. The summed E-state index contributed by atoms with van der Waals surface area (Å²) in [5.74, 6) is 0.833. The number of Topliss-reactive ketones (excluding diaryl/α,β-unsaturated/α-hetero) is 1. The fourth-order valence-electron chi connectivity index (χ4n) is 5.54. The standard InChI is InChI=1S/C32H38BrN3O5/c1-7-10-20-13-25-29(26(37)14-20)28(23(17-34)19(3)35-25)21-15-24(33)30(27(16-21)39-8-2)40-18-22-11-9-12-36(22)31(38)41-32(4,5)6/h9,11-12,15-16,20,28,35H,7-8,10,13-14,18H2,1-6H3. The number of dihydropyridines is 1. The Hall–Kier alpha value is -3.51. The van der Waals surface area contributed by atoms with E-state index in [2.05, 4.69) is 34.2 Å². The maximum atomic E-state index is 13.5. The third kappa shape index (κ3) is 6.70. The van der Waals surface area contributed by atoms with Crippen LogP contribution in [0, 0.1) is 17.2 Å². The van der Waals surface area contributed by atoms with E-state index in [1.54, 1.807) is 18.3 Å². The quantitative estimate of drug-likeness (QED) is 0.324. The smallest absolute Gasteiger partial charge is 0.418 e. The first-order chi connectivity index (χ1) is 19.5. The minimum atomic E-state index is -0.629. The van der Waals surface area contributed by atoms with Gasteiger partial charge in [-0.3, -0.25) is 9.36 Å². The summed E-state index contributed by atoms with van der Waals surface area (Å²) in [7, 11) is 0. The summed E-state index contributed by atoms with van der Waals surface area (Å²) in [6.07, 6.45) is 4.45. The summed E-state index contributed by atoms with van der Waals surface area (Å²) in [5, 5.41) is 13.5. The molecule has 0 amide bonds. The number of hydrogen-bond acceptors (Lipinski definition) is 7. The number of ether oxygens (including phenoxy) is 3. The Morgan fingerprint density at radius 2 is 1.98 bits per heavy atom. The fraction of sp³-hybridized carbons (Fsp3) is 0.469. The molecule has 218 valence electrons. The highest BCUT2D eigenvalue weighted by atomic mass is 79.9. The predicted octanol–water partition coefficient (Wildman–Crippen LogP) is 7.53. The van der Waals surface area contributed by atoms with Gasteiger partial charge in [-0.1, -0.05) is 13.3 Å². The zero-order valence-electron chi connectivity index (χ0n) is 24.6. The van der Waals surface area contributed by atoms with Gasteiger partial charge in [0.25, 0.3) is 0 Å². The van der Waals surface area contributed by atoms with E-state index in [1.807, 2.05) is 46.8 Å². The van der Waals surface area contributed by atoms with Gasteiger partial charge in [-0.05, 0) is 99.1 Å². The predicted molar refractivity (Wildman–Crippen MR) is 160 cm³/mol. The number of nitrogens with one attached hydrogen (secondary N) is 1. The number of carbonyl (C=O) groups is 2. The molecule has 0 spiro atoms. The van der Waals surface area contributed by atoms with E-state index in [0.29, 0.717) is 51.8 Å². The number of carbonyl (C=O) groups excluding carboxylic acids is 2. The van der Waals surface area contributed by atoms with Crippen LogP contribution in [0.1, 0.15) is 84.4 Å². The summed E-state index contributed by atoms with van der Waals surface area (Å²) >= 11 is 3.66. The average Bonchev–Trinajstić information content (AvgIpc) is 3.35. The second kappa shape index (κ2) is 12.6. The Balaban J connectivity index is 1.69. The highest BCUT2D eigenvalue weighted by Crippen LogP contribution is 2.47. The number of allylic oxidation sites excluding steroid dienone is 4. The van der Waals surface area contributed by atoms with Gasteiger partial charge >= 0.3 is 6.09 Å². The van der Waals surface area contributed by atoms with E-state index in [1.165, 1.54) is 4.57 Å². The fourth-order valence-corrected chi connectivity index (χ4v) is 6.11. The SMILES string of the molecule is CCCC1CC(=O)C2=C(C1)NC(C)=C(C#N)C2c1cc(Br)c(OCc2cccn2C(=O)OC(C)(C)C)c(OCC)c1. The van der Waals surface area contributed by atoms with Crippen molar-refractivity contribution in [2.75, 3.05) is 6.61 Å². The van der Waals surface area contributed by atoms with E-state index in [-0.39, 0.29) is 12.4 Å². The van der Waals surface area contributed by atoms with Crippen LogP contribution in [0.4, 0.5) is 4.79 Å².